The Morgan fingerprint density at radius 3 is 2.57 bits per heavy atom. The number of hydrogen-bond donors (Lipinski definition) is 1. The summed E-state index contributed by atoms with van der Waals surface area (Å²) in [5.74, 6) is 2.76. The summed E-state index contributed by atoms with van der Waals surface area (Å²) in [7, 11) is 2.18. The summed E-state index contributed by atoms with van der Waals surface area (Å²) < 4.78 is 0. The Kier molecular flexibility index (Phi) is 6.22. The quantitative estimate of drug-likeness (QED) is 0.765. The van der Waals surface area contributed by atoms with Crippen LogP contribution in [0.2, 0.25) is 0 Å². The van der Waals surface area contributed by atoms with E-state index in [4.69, 9.17) is 9.97 Å². The van der Waals surface area contributed by atoms with Crippen LogP contribution in [0.25, 0.3) is 11.4 Å². The highest BCUT2D eigenvalue weighted by molar-refractivity contribution is 5.61. The average Bonchev–Trinajstić information content (AvgIpc) is 2.75. The van der Waals surface area contributed by atoms with E-state index in [1.807, 2.05) is 18.2 Å². The van der Waals surface area contributed by atoms with Gasteiger partial charge in [-0.15, -0.1) is 0 Å². The van der Waals surface area contributed by atoms with E-state index in [9.17, 15) is 0 Å². The Morgan fingerprint density at radius 1 is 1.00 bits per heavy atom. The first-order chi connectivity index (χ1) is 13.8. The number of nitrogens with zero attached hydrogens (tertiary/aromatic N) is 4. The Labute approximate surface area is 168 Å². The number of allylic oxidation sites excluding steroid dienone is 1. The maximum Gasteiger partial charge on any atom is 0.163 e. The molecule has 1 aliphatic carbocycles. The number of piperazine rings is 1. The number of benzene rings is 1. The third-order valence-corrected chi connectivity index (χ3v) is 5.71. The maximum absolute atomic E-state index is 4.90. The zero-order valence-electron chi connectivity index (χ0n) is 16.9. The van der Waals surface area contributed by atoms with Gasteiger partial charge in [-0.25, -0.2) is 9.97 Å². The molecule has 1 aromatic carbocycles. The molecule has 4 rings (SSSR count). The van der Waals surface area contributed by atoms with E-state index in [0.717, 1.165) is 62.2 Å². The summed E-state index contributed by atoms with van der Waals surface area (Å²) in [6.45, 7) is 5.09. The van der Waals surface area contributed by atoms with Gasteiger partial charge in [-0.05, 0) is 39.2 Å². The van der Waals surface area contributed by atoms with Crippen molar-refractivity contribution in [1.29, 1.82) is 0 Å². The Balaban J connectivity index is 1.52. The van der Waals surface area contributed by atoms with E-state index in [2.05, 4.69) is 46.4 Å². The highest BCUT2D eigenvalue weighted by atomic mass is 15.3. The normalized spacial score (nSPS) is 18.0. The first-order valence-corrected chi connectivity index (χ1v) is 10.6. The van der Waals surface area contributed by atoms with Crippen LogP contribution in [0, 0.1) is 0 Å². The van der Waals surface area contributed by atoms with Crippen molar-refractivity contribution in [2.24, 2.45) is 0 Å². The van der Waals surface area contributed by atoms with Crippen molar-refractivity contribution in [3.8, 4) is 11.4 Å². The molecule has 0 atom stereocenters. The van der Waals surface area contributed by atoms with E-state index in [-0.39, 0.29) is 0 Å². The van der Waals surface area contributed by atoms with E-state index < -0.39 is 0 Å². The summed E-state index contributed by atoms with van der Waals surface area (Å²) in [4.78, 5) is 14.5. The molecule has 28 heavy (non-hydrogen) atoms. The Hall–Kier alpha value is -2.40. The molecule has 0 bridgehead atoms. The van der Waals surface area contributed by atoms with Gasteiger partial charge >= 0.3 is 0 Å². The highest BCUT2D eigenvalue weighted by Crippen LogP contribution is 2.24. The van der Waals surface area contributed by atoms with Gasteiger partial charge in [0, 0.05) is 44.4 Å². The van der Waals surface area contributed by atoms with E-state index in [1.54, 1.807) is 5.57 Å². The molecule has 0 radical (unpaired) electrons. The second-order valence-electron chi connectivity index (χ2n) is 7.88. The predicted molar refractivity (Wildman–Crippen MR) is 117 cm³/mol. The molecular weight excluding hydrogens is 346 g/mol. The van der Waals surface area contributed by atoms with Gasteiger partial charge in [0.15, 0.2) is 5.82 Å². The minimum atomic E-state index is 0.802. The number of aromatic nitrogens is 2. The Morgan fingerprint density at radius 2 is 1.82 bits per heavy atom. The van der Waals surface area contributed by atoms with Crippen LogP contribution in [0.3, 0.4) is 0 Å². The number of nitrogens with one attached hydrogen (secondary N) is 1. The molecule has 1 N–H and O–H groups in total. The number of anilines is 2. The van der Waals surface area contributed by atoms with Crippen LogP contribution in [0.15, 0.2) is 48.0 Å². The maximum atomic E-state index is 4.90. The summed E-state index contributed by atoms with van der Waals surface area (Å²) in [6, 6.07) is 12.4. The van der Waals surface area contributed by atoms with Crippen molar-refractivity contribution in [2.45, 2.75) is 32.1 Å². The molecule has 2 aromatic rings. The van der Waals surface area contributed by atoms with Crippen molar-refractivity contribution in [3.63, 3.8) is 0 Å². The van der Waals surface area contributed by atoms with Crippen LogP contribution in [-0.2, 0) is 0 Å². The lowest BCUT2D eigenvalue weighted by Gasteiger charge is -2.33. The van der Waals surface area contributed by atoms with Crippen molar-refractivity contribution >= 4 is 11.6 Å². The summed E-state index contributed by atoms with van der Waals surface area (Å²) in [5, 5.41) is 3.56. The van der Waals surface area contributed by atoms with E-state index in [1.165, 1.54) is 25.7 Å². The van der Waals surface area contributed by atoms with Gasteiger partial charge < -0.3 is 15.1 Å². The van der Waals surface area contributed by atoms with Gasteiger partial charge in [0.1, 0.15) is 11.6 Å². The fourth-order valence-corrected chi connectivity index (χ4v) is 3.92. The van der Waals surface area contributed by atoms with E-state index >= 15 is 0 Å². The van der Waals surface area contributed by atoms with Gasteiger partial charge in [-0.3, -0.25) is 0 Å². The van der Waals surface area contributed by atoms with Crippen molar-refractivity contribution in [2.75, 3.05) is 50.0 Å². The van der Waals surface area contributed by atoms with Gasteiger partial charge in [0.2, 0.25) is 0 Å². The zero-order chi connectivity index (χ0) is 19.2. The summed E-state index contributed by atoms with van der Waals surface area (Å²) in [5.41, 5.74) is 2.66. The van der Waals surface area contributed by atoms with Crippen molar-refractivity contribution in [1.82, 2.24) is 14.9 Å². The monoisotopic (exact) mass is 377 g/mol. The van der Waals surface area contributed by atoms with Crippen molar-refractivity contribution < 1.29 is 0 Å². The van der Waals surface area contributed by atoms with Gasteiger partial charge in [-0.1, -0.05) is 42.0 Å². The Bertz CT molecular complexity index is 794. The zero-order valence-corrected chi connectivity index (χ0v) is 16.9. The first kappa shape index (κ1) is 18.9. The second kappa shape index (κ2) is 9.20. The smallest absolute Gasteiger partial charge is 0.163 e. The third-order valence-electron chi connectivity index (χ3n) is 5.71. The number of likely N-dealkylation sites (N-methyl/N-ethyl adjacent to an activating group) is 1. The molecule has 148 valence electrons. The molecule has 5 nitrogen and oxygen atoms in total. The van der Waals surface area contributed by atoms with Crippen molar-refractivity contribution in [3.05, 3.63) is 48.0 Å². The summed E-state index contributed by atoms with van der Waals surface area (Å²) in [6.07, 6.45) is 8.72. The predicted octanol–water partition coefficient (Wildman–Crippen LogP) is 4.20. The topological polar surface area (TPSA) is 44.3 Å². The fourth-order valence-electron chi connectivity index (χ4n) is 3.92. The fraction of sp³-hybridized carbons (Fsp3) is 0.478. The molecule has 2 heterocycles. The molecule has 0 unspecified atom stereocenters. The van der Waals surface area contributed by atoms with Crippen LogP contribution in [-0.4, -0.2) is 54.6 Å². The molecule has 2 aliphatic rings. The number of rotatable bonds is 6. The molecule has 0 spiro atoms. The molecule has 1 fully saturated rings. The van der Waals surface area contributed by atoms with E-state index in [0.29, 0.717) is 0 Å². The SMILES string of the molecule is CN1CCN(c2cc(NCCC3=CCCCC3)nc(-c3ccccc3)n2)CC1. The first-order valence-electron chi connectivity index (χ1n) is 10.6. The highest BCUT2D eigenvalue weighted by Gasteiger charge is 2.17. The van der Waals surface area contributed by atoms with Gasteiger partial charge in [0.05, 0.1) is 0 Å². The van der Waals surface area contributed by atoms with Crippen LogP contribution in [0.1, 0.15) is 32.1 Å². The average molecular weight is 378 g/mol. The number of hydrogen-bond acceptors (Lipinski definition) is 5. The lowest BCUT2D eigenvalue weighted by atomic mass is 9.97. The minimum absolute atomic E-state index is 0.802. The second-order valence-corrected chi connectivity index (χ2v) is 7.88. The molecule has 0 amide bonds. The lowest BCUT2D eigenvalue weighted by molar-refractivity contribution is 0.312. The molecule has 1 aromatic heterocycles. The van der Waals surface area contributed by atoms with Crippen LogP contribution in [0.5, 0.6) is 0 Å². The standard InChI is InChI=1S/C23H31N5/c1-27-14-16-28(17-15-27)22-18-21(24-13-12-19-8-4-2-5-9-19)25-23(26-22)20-10-6-3-7-11-20/h3,6-8,10-11,18H,2,4-5,9,12-17H2,1H3,(H,24,25,26). The lowest BCUT2D eigenvalue weighted by Crippen LogP contribution is -2.44. The molecule has 1 aliphatic heterocycles. The van der Waals surface area contributed by atoms with Crippen LogP contribution < -0.4 is 10.2 Å². The molecule has 1 saturated heterocycles. The van der Waals surface area contributed by atoms with Crippen LogP contribution >= 0.6 is 0 Å². The largest absolute Gasteiger partial charge is 0.370 e. The van der Waals surface area contributed by atoms with Gasteiger partial charge in [0.25, 0.3) is 0 Å². The molecular formula is C23H31N5. The van der Waals surface area contributed by atoms with Crippen LogP contribution in [0.4, 0.5) is 11.6 Å². The summed E-state index contributed by atoms with van der Waals surface area (Å²) >= 11 is 0. The molecule has 0 saturated carbocycles. The minimum Gasteiger partial charge on any atom is -0.370 e. The molecule has 5 heteroatoms. The third kappa shape index (κ3) is 4.90. The van der Waals surface area contributed by atoms with Gasteiger partial charge in [-0.2, -0.15) is 0 Å².